The Hall–Kier alpha value is -1.30. The zero-order valence-corrected chi connectivity index (χ0v) is 13.4. The first-order chi connectivity index (χ1) is 9.95. The molecule has 1 amide bonds. The summed E-state index contributed by atoms with van der Waals surface area (Å²) in [5.41, 5.74) is 6.93. The summed E-state index contributed by atoms with van der Waals surface area (Å²) < 4.78 is 0. The van der Waals surface area contributed by atoms with Gasteiger partial charge in [0.25, 0.3) is 0 Å². The van der Waals surface area contributed by atoms with Crippen LogP contribution in [-0.4, -0.2) is 55.5 Å². The minimum absolute atomic E-state index is 0.0558. The van der Waals surface area contributed by atoms with E-state index in [0.29, 0.717) is 29.0 Å². The summed E-state index contributed by atoms with van der Waals surface area (Å²) in [7, 11) is 4.11. The maximum atomic E-state index is 12.1. The molecule has 2 rings (SSSR count). The molecule has 0 aromatic heterocycles. The number of carbonyl (C=O) groups excluding carboxylic acids is 1. The van der Waals surface area contributed by atoms with Gasteiger partial charge >= 0.3 is 0 Å². The number of amides is 1. The highest BCUT2D eigenvalue weighted by atomic mass is 35.5. The van der Waals surface area contributed by atoms with Gasteiger partial charge in [0, 0.05) is 17.6 Å². The number of nitrogens with two attached hydrogens (primary N) is 1. The zero-order chi connectivity index (χ0) is 15.4. The molecule has 1 unspecified atom stereocenters. The summed E-state index contributed by atoms with van der Waals surface area (Å²) in [6.45, 7) is 2.51. The molecule has 1 saturated heterocycles. The van der Waals surface area contributed by atoms with Crippen LogP contribution in [0.2, 0.25) is 5.02 Å². The topological polar surface area (TPSA) is 61.6 Å². The molecule has 0 bridgehead atoms. The smallest absolute Gasteiger partial charge is 0.238 e. The standard InChI is InChI=1S/C15H23ClN4O/c1-19-7-3-4-12(9-19)20(2)10-15(21)18-14-6-5-11(16)8-13(14)17/h5-6,8,12H,3-4,7,9-10,17H2,1-2H3,(H,18,21). The Morgan fingerprint density at radius 3 is 3.00 bits per heavy atom. The SMILES string of the molecule is CN1CCCC(N(C)CC(=O)Nc2ccc(Cl)cc2N)C1. The third kappa shape index (κ3) is 4.59. The monoisotopic (exact) mass is 310 g/mol. The lowest BCUT2D eigenvalue weighted by molar-refractivity contribution is -0.117. The van der Waals surface area contributed by atoms with E-state index in [0.717, 1.165) is 19.5 Å². The number of nitrogen functional groups attached to an aromatic ring is 1. The number of halogens is 1. The van der Waals surface area contributed by atoms with E-state index in [-0.39, 0.29) is 5.91 Å². The van der Waals surface area contributed by atoms with Crippen LogP contribution >= 0.6 is 11.6 Å². The van der Waals surface area contributed by atoms with Gasteiger partial charge in [-0.15, -0.1) is 0 Å². The first-order valence-corrected chi connectivity index (χ1v) is 7.57. The van der Waals surface area contributed by atoms with Crippen LogP contribution < -0.4 is 11.1 Å². The number of nitrogens with zero attached hydrogens (tertiary/aromatic N) is 2. The predicted molar refractivity (Wildman–Crippen MR) is 87.6 cm³/mol. The quantitative estimate of drug-likeness (QED) is 0.834. The average Bonchev–Trinajstić information content (AvgIpc) is 2.42. The summed E-state index contributed by atoms with van der Waals surface area (Å²) in [5, 5.41) is 3.40. The fourth-order valence-electron chi connectivity index (χ4n) is 2.69. The number of anilines is 2. The molecule has 5 nitrogen and oxygen atoms in total. The van der Waals surface area contributed by atoms with Gasteiger partial charge in [-0.25, -0.2) is 0 Å². The average molecular weight is 311 g/mol. The molecule has 1 heterocycles. The van der Waals surface area contributed by atoms with Crippen LogP contribution in [0.4, 0.5) is 11.4 Å². The molecule has 21 heavy (non-hydrogen) atoms. The molecule has 0 radical (unpaired) electrons. The van der Waals surface area contributed by atoms with Crippen molar-refractivity contribution in [1.29, 1.82) is 0 Å². The molecule has 0 saturated carbocycles. The van der Waals surface area contributed by atoms with Crippen LogP contribution in [0.5, 0.6) is 0 Å². The number of likely N-dealkylation sites (tertiary alicyclic amines) is 1. The highest BCUT2D eigenvalue weighted by Gasteiger charge is 2.22. The Labute approximate surface area is 131 Å². The van der Waals surface area contributed by atoms with Crippen molar-refractivity contribution in [2.45, 2.75) is 18.9 Å². The molecule has 1 fully saturated rings. The van der Waals surface area contributed by atoms with E-state index < -0.39 is 0 Å². The summed E-state index contributed by atoms with van der Waals surface area (Å²) >= 11 is 5.85. The highest BCUT2D eigenvalue weighted by molar-refractivity contribution is 6.31. The van der Waals surface area contributed by atoms with Crippen molar-refractivity contribution >= 4 is 28.9 Å². The summed E-state index contributed by atoms with van der Waals surface area (Å²) in [6, 6.07) is 5.51. The highest BCUT2D eigenvalue weighted by Crippen LogP contribution is 2.22. The van der Waals surface area contributed by atoms with E-state index in [1.807, 2.05) is 7.05 Å². The Morgan fingerprint density at radius 2 is 2.33 bits per heavy atom. The number of piperidine rings is 1. The van der Waals surface area contributed by atoms with E-state index in [9.17, 15) is 4.79 Å². The maximum absolute atomic E-state index is 12.1. The van der Waals surface area contributed by atoms with Crippen molar-refractivity contribution in [3.63, 3.8) is 0 Å². The van der Waals surface area contributed by atoms with Gasteiger partial charge in [-0.3, -0.25) is 9.69 Å². The first kappa shape index (κ1) is 16.1. The lowest BCUT2D eigenvalue weighted by atomic mass is 10.1. The lowest BCUT2D eigenvalue weighted by Gasteiger charge is -2.35. The molecule has 1 aromatic carbocycles. The van der Waals surface area contributed by atoms with Gasteiger partial charge in [-0.2, -0.15) is 0 Å². The number of likely N-dealkylation sites (N-methyl/N-ethyl adjacent to an activating group) is 2. The molecule has 3 N–H and O–H groups in total. The van der Waals surface area contributed by atoms with E-state index in [1.165, 1.54) is 6.42 Å². The van der Waals surface area contributed by atoms with Gasteiger partial charge in [0.05, 0.1) is 17.9 Å². The molecular weight excluding hydrogens is 288 g/mol. The number of rotatable bonds is 4. The second kappa shape index (κ2) is 7.11. The molecule has 1 atom stereocenters. The molecule has 0 spiro atoms. The normalized spacial score (nSPS) is 19.7. The van der Waals surface area contributed by atoms with E-state index in [1.54, 1.807) is 18.2 Å². The van der Waals surface area contributed by atoms with Crippen LogP contribution in [0.3, 0.4) is 0 Å². The van der Waals surface area contributed by atoms with Gasteiger partial charge in [-0.05, 0) is 51.7 Å². The summed E-state index contributed by atoms with van der Waals surface area (Å²) in [5.74, 6) is -0.0558. The van der Waals surface area contributed by atoms with Crippen molar-refractivity contribution in [1.82, 2.24) is 9.80 Å². The number of nitrogens with one attached hydrogen (secondary N) is 1. The van der Waals surface area contributed by atoms with Crippen LogP contribution in [0, 0.1) is 0 Å². The Morgan fingerprint density at radius 1 is 1.57 bits per heavy atom. The third-order valence-electron chi connectivity index (χ3n) is 3.90. The van der Waals surface area contributed by atoms with Crippen molar-refractivity contribution in [3.05, 3.63) is 23.2 Å². The number of benzene rings is 1. The second-order valence-corrected chi connectivity index (χ2v) is 6.19. The van der Waals surface area contributed by atoms with E-state index in [4.69, 9.17) is 17.3 Å². The Bertz CT molecular complexity index is 508. The summed E-state index contributed by atoms with van der Waals surface area (Å²) in [6.07, 6.45) is 2.31. The van der Waals surface area contributed by atoms with Crippen LogP contribution in [0.15, 0.2) is 18.2 Å². The Balaban J connectivity index is 1.89. The lowest BCUT2D eigenvalue weighted by Crippen LogP contribution is -2.47. The second-order valence-electron chi connectivity index (χ2n) is 5.75. The van der Waals surface area contributed by atoms with E-state index >= 15 is 0 Å². The Kier molecular flexibility index (Phi) is 5.45. The number of hydrogen-bond donors (Lipinski definition) is 2. The van der Waals surface area contributed by atoms with Crippen molar-refractivity contribution in [2.24, 2.45) is 0 Å². The van der Waals surface area contributed by atoms with Gasteiger partial charge in [0.2, 0.25) is 5.91 Å². The van der Waals surface area contributed by atoms with Gasteiger partial charge in [-0.1, -0.05) is 11.6 Å². The van der Waals surface area contributed by atoms with Crippen LogP contribution in [-0.2, 0) is 4.79 Å². The van der Waals surface area contributed by atoms with Crippen LogP contribution in [0.1, 0.15) is 12.8 Å². The molecule has 1 aromatic rings. The number of carbonyl (C=O) groups is 1. The van der Waals surface area contributed by atoms with Gasteiger partial charge in [0.15, 0.2) is 0 Å². The fraction of sp³-hybridized carbons (Fsp3) is 0.533. The third-order valence-corrected chi connectivity index (χ3v) is 4.14. The molecule has 0 aliphatic carbocycles. The van der Waals surface area contributed by atoms with Gasteiger partial charge < -0.3 is 16.0 Å². The van der Waals surface area contributed by atoms with Crippen molar-refractivity contribution in [3.8, 4) is 0 Å². The summed E-state index contributed by atoms with van der Waals surface area (Å²) in [4.78, 5) is 16.5. The largest absolute Gasteiger partial charge is 0.397 e. The molecule has 116 valence electrons. The predicted octanol–water partition coefficient (Wildman–Crippen LogP) is 1.89. The molecule has 1 aliphatic rings. The molecular formula is C15H23ClN4O. The maximum Gasteiger partial charge on any atom is 0.238 e. The molecule has 6 heteroatoms. The van der Waals surface area contributed by atoms with Crippen molar-refractivity contribution in [2.75, 3.05) is 44.8 Å². The minimum Gasteiger partial charge on any atom is -0.397 e. The number of hydrogen-bond acceptors (Lipinski definition) is 4. The van der Waals surface area contributed by atoms with E-state index in [2.05, 4.69) is 22.2 Å². The fourth-order valence-corrected chi connectivity index (χ4v) is 2.87. The zero-order valence-electron chi connectivity index (χ0n) is 12.6. The first-order valence-electron chi connectivity index (χ1n) is 7.19. The minimum atomic E-state index is -0.0558. The van der Waals surface area contributed by atoms with Crippen molar-refractivity contribution < 1.29 is 4.79 Å². The van der Waals surface area contributed by atoms with Gasteiger partial charge in [0.1, 0.15) is 0 Å². The molecule has 1 aliphatic heterocycles. The van der Waals surface area contributed by atoms with Crippen LogP contribution in [0.25, 0.3) is 0 Å².